The summed E-state index contributed by atoms with van der Waals surface area (Å²) >= 11 is 0. The number of carbonyl (C=O) groups is 1. The van der Waals surface area contributed by atoms with Gasteiger partial charge in [-0.05, 0) is 37.6 Å². The molecule has 0 aromatic heterocycles. The topological polar surface area (TPSA) is 50.4 Å². The van der Waals surface area contributed by atoms with Crippen molar-refractivity contribution in [2.45, 2.75) is 26.0 Å². The lowest BCUT2D eigenvalue weighted by Crippen LogP contribution is -2.53. The van der Waals surface area contributed by atoms with Gasteiger partial charge in [-0.2, -0.15) is 0 Å². The summed E-state index contributed by atoms with van der Waals surface area (Å²) in [4.78, 5) is 12.1. The molecule has 4 nitrogen and oxygen atoms in total. The third-order valence-electron chi connectivity index (χ3n) is 3.05. The van der Waals surface area contributed by atoms with Gasteiger partial charge in [0.15, 0.2) is 0 Å². The summed E-state index contributed by atoms with van der Waals surface area (Å²) in [6.45, 7) is 4.88. The van der Waals surface area contributed by atoms with Crippen LogP contribution in [-0.4, -0.2) is 31.2 Å². The number of benzene rings is 1. The van der Waals surface area contributed by atoms with Crippen LogP contribution in [0.25, 0.3) is 0 Å². The Balaban J connectivity index is 2.06. The number of morpholine rings is 1. The number of amides is 1. The number of carbonyl (C=O) groups excluding carboxylic acids is 1. The summed E-state index contributed by atoms with van der Waals surface area (Å²) in [6, 6.07) is 3.92. The second kappa shape index (κ2) is 5.46. The van der Waals surface area contributed by atoms with Gasteiger partial charge in [0.05, 0.1) is 12.7 Å². The summed E-state index contributed by atoms with van der Waals surface area (Å²) in [6.07, 6.45) is -0.167. The van der Waals surface area contributed by atoms with Crippen LogP contribution in [0.4, 0.5) is 10.1 Å². The van der Waals surface area contributed by atoms with E-state index in [9.17, 15) is 9.18 Å². The zero-order chi connectivity index (χ0) is 13.1. The molecule has 2 N–H and O–H groups in total. The van der Waals surface area contributed by atoms with E-state index in [4.69, 9.17) is 4.74 Å². The van der Waals surface area contributed by atoms with Gasteiger partial charge in [0.25, 0.3) is 0 Å². The quantitative estimate of drug-likeness (QED) is 0.837. The van der Waals surface area contributed by atoms with E-state index in [0.717, 1.165) is 0 Å². The van der Waals surface area contributed by atoms with E-state index in [2.05, 4.69) is 10.6 Å². The van der Waals surface area contributed by atoms with Crippen molar-refractivity contribution >= 4 is 11.6 Å². The Bertz CT molecular complexity index is 451. The predicted octanol–water partition coefficient (Wildman–Crippen LogP) is 1.45. The van der Waals surface area contributed by atoms with Gasteiger partial charge in [-0.15, -0.1) is 0 Å². The second-order valence-electron chi connectivity index (χ2n) is 4.46. The molecule has 1 saturated heterocycles. The Labute approximate surface area is 106 Å². The molecule has 1 fully saturated rings. The van der Waals surface area contributed by atoms with E-state index in [0.29, 0.717) is 24.4 Å². The number of hydrogen-bond donors (Lipinski definition) is 2. The molecular formula is C13H17FN2O2. The standard InChI is InChI=1S/C13H17FN2O2/c1-8-7-10(14)3-4-11(8)16-13(17)12-9(2)18-6-5-15-12/h3-4,7,9,12,15H,5-6H2,1-2H3,(H,16,17)/t9-,12+/m1/s1. The number of aryl methyl sites for hydroxylation is 1. The Morgan fingerprint density at radius 3 is 3.00 bits per heavy atom. The van der Waals surface area contributed by atoms with E-state index < -0.39 is 0 Å². The molecule has 1 aliphatic rings. The molecule has 18 heavy (non-hydrogen) atoms. The van der Waals surface area contributed by atoms with E-state index in [-0.39, 0.29) is 23.9 Å². The first-order valence-electron chi connectivity index (χ1n) is 6.00. The van der Waals surface area contributed by atoms with Crippen molar-refractivity contribution in [3.05, 3.63) is 29.6 Å². The molecule has 0 bridgehead atoms. The normalized spacial score (nSPS) is 23.7. The fourth-order valence-corrected chi connectivity index (χ4v) is 2.01. The molecule has 98 valence electrons. The fraction of sp³-hybridized carbons (Fsp3) is 0.462. The van der Waals surface area contributed by atoms with Crippen LogP contribution in [0.5, 0.6) is 0 Å². The number of halogens is 1. The van der Waals surface area contributed by atoms with Gasteiger partial charge >= 0.3 is 0 Å². The van der Waals surface area contributed by atoms with Crippen LogP contribution in [-0.2, 0) is 9.53 Å². The Morgan fingerprint density at radius 2 is 2.33 bits per heavy atom. The minimum Gasteiger partial charge on any atom is -0.375 e. The summed E-state index contributed by atoms with van der Waals surface area (Å²) < 4.78 is 18.4. The first-order valence-corrected chi connectivity index (χ1v) is 6.00. The largest absolute Gasteiger partial charge is 0.375 e. The SMILES string of the molecule is Cc1cc(F)ccc1NC(=O)[C@H]1NCCO[C@@H]1C. The highest BCUT2D eigenvalue weighted by atomic mass is 19.1. The molecule has 2 rings (SSSR count). The van der Waals surface area contributed by atoms with Crippen LogP contribution in [0.1, 0.15) is 12.5 Å². The summed E-state index contributed by atoms with van der Waals surface area (Å²) in [5, 5.41) is 5.90. The molecule has 0 radical (unpaired) electrons. The van der Waals surface area contributed by atoms with Gasteiger partial charge in [-0.1, -0.05) is 0 Å². The highest BCUT2D eigenvalue weighted by Crippen LogP contribution is 2.16. The van der Waals surface area contributed by atoms with E-state index in [1.807, 2.05) is 6.92 Å². The van der Waals surface area contributed by atoms with Gasteiger partial charge in [0.2, 0.25) is 5.91 Å². The van der Waals surface area contributed by atoms with Crippen LogP contribution in [0.3, 0.4) is 0 Å². The highest BCUT2D eigenvalue weighted by molar-refractivity contribution is 5.95. The van der Waals surface area contributed by atoms with Gasteiger partial charge in [-0.3, -0.25) is 4.79 Å². The number of nitrogens with one attached hydrogen (secondary N) is 2. The molecule has 2 atom stereocenters. The molecule has 1 aliphatic heterocycles. The van der Waals surface area contributed by atoms with Crippen LogP contribution in [0, 0.1) is 12.7 Å². The van der Waals surface area contributed by atoms with E-state index >= 15 is 0 Å². The minimum atomic E-state index is -0.372. The van der Waals surface area contributed by atoms with Crippen molar-refractivity contribution in [2.75, 3.05) is 18.5 Å². The average Bonchev–Trinajstić information content (AvgIpc) is 2.33. The molecular weight excluding hydrogens is 235 g/mol. The number of rotatable bonds is 2. The predicted molar refractivity (Wildman–Crippen MR) is 67.0 cm³/mol. The molecule has 0 saturated carbocycles. The molecule has 0 spiro atoms. The lowest BCUT2D eigenvalue weighted by atomic mass is 10.1. The maximum Gasteiger partial charge on any atom is 0.244 e. The molecule has 1 aromatic rings. The Hall–Kier alpha value is -1.46. The van der Waals surface area contributed by atoms with Crippen LogP contribution >= 0.6 is 0 Å². The van der Waals surface area contributed by atoms with Gasteiger partial charge in [0.1, 0.15) is 11.9 Å². The first-order chi connectivity index (χ1) is 8.58. The van der Waals surface area contributed by atoms with Crippen LogP contribution < -0.4 is 10.6 Å². The van der Waals surface area contributed by atoms with Gasteiger partial charge < -0.3 is 15.4 Å². The van der Waals surface area contributed by atoms with Crippen molar-refractivity contribution < 1.29 is 13.9 Å². The minimum absolute atomic E-state index is 0.156. The number of anilines is 1. The Kier molecular flexibility index (Phi) is 3.93. The lowest BCUT2D eigenvalue weighted by molar-refractivity contribution is -0.123. The van der Waals surface area contributed by atoms with Crippen LogP contribution in [0.15, 0.2) is 18.2 Å². The zero-order valence-electron chi connectivity index (χ0n) is 10.5. The number of hydrogen-bond acceptors (Lipinski definition) is 3. The van der Waals surface area contributed by atoms with Crippen molar-refractivity contribution in [3.63, 3.8) is 0 Å². The van der Waals surface area contributed by atoms with Crippen molar-refractivity contribution in [1.29, 1.82) is 0 Å². The molecule has 1 aromatic carbocycles. The zero-order valence-corrected chi connectivity index (χ0v) is 10.5. The number of ether oxygens (including phenoxy) is 1. The molecule has 5 heteroatoms. The second-order valence-corrected chi connectivity index (χ2v) is 4.46. The van der Waals surface area contributed by atoms with Gasteiger partial charge in [-0.25, -0.2) is 4.39 Å². The Morgan fingerprint density at radius 1 is 1.56 bits per heavy atom. The van der Waals surface area contributed by atoms with Gasteiger partial charge in [0, 0.05) is 12.2 Å². The summed E-state index contributed by atoms with van der Waals surface area (Å²) in [7, 11) is 0. The summed E-state index contributed by atoms with van der Waals surface area (Å²) in [5.41, 5.74) is 1.33. The van der Waals surface area contributed by atoms with Crippen molar-refractivity contribution in [3.8, 4) is 0 Å². The smallest absolute Gasteiger partial charge is 0.244 e. The fourth-order valence-electron chi connectivity index (χ4n) is 2.01. The highest BCUT2D eigenvalue weighted by Gasteiger charge is 2.28. The van der Waals surface area contributed by atoms with E-state index in [1.165, 1.54) is 12.1 Å². The van der Waals surface area contributed by atoms with Crippen LogP contribution in [0.2, 0.25) is 0 Å². The maximum absolute atomic E-state index is 13.0. The monoisotopic (exact) mass is 252 g/mol. The average molecular weight is 252 g/mol. The molecule has 1 heterocycles. The third kappa shape index (κ3) is 2.86. The van der Waals surface area contributed by atoms with Crippen molar-refractivity contribution in [2.24, 2.45) is 0 Å². The molecule has 1 amide bonds. The summed E-state index contributed by atoms with van der Waals surface area (Å²) in [5.74, 6) is -0.463. The molecule has 0 unspecified atom stereocenters. The first kappa shape index (κ1) is 13.0. The lowest BCUT2D eigenvalue weighted by Gasteiger charge is -2.29. The third-order valence-corrected chi connectivity index (χ3v) is 3.05. The van der Waals surface area contributed by atoms with Crippen molar-refractivity contribution in [1.82, 2.24) is 5.32 Å². The maximum atomic E-state index is 13.0. The van der Waals surface area contributed by atoms with E-state index in [1.54, 1.807) is 13.0 Å². The molecule has 0 aliphatic carbocycles.